The maximum absolute atomic E-state index is 5.50. The molecule has 0 aliphatic carbocycles. The SMILES string of the molecule is CCCNCC(C)(C)COCCOC. The van der Waals surface area contributed by atoms with Crippen molar-refractivity contribution in [2.45, 2.75) is 27.2 Å². The van der Waals surface area contributed by atoms with Crippen LogP contribution in [0.2, 0.25) is 0 Å². The highest BCUT2D eigenvalue weighted by atomic mass is 16.5. The molecule has 0 aromatic heterocycles. The number of rotatable bonds is 9. The zero-order valence-electron chi connectivity index (χ0n) is 10.1. The fourth-order valence-corrected chi connectivity index (χ4v) is 1.15. The highest BCUT2D eigenvalue weighted by Crippen LogP contribution is 2.13. The lowest BCUT2D eigenvalue weighted by atomic mass is 9.95. The smallest absolute Gasteiger partial charge is 0.0700 e. The second-order valence-electron chi connectivity index (χ2n) is 4.39. The second kappa shape index (κ2) is 8.21. The van der Waals surface area contributed by atoms with Crippen LogP contribution in [0.5, 0.6) is 0 Å². The fourth-order valence-electron chi connectivity index (χ4n) is 1.15. The molecule has 0 rings (SSSR count). The van der Waals surface area contributed by atoms with Crippen LogP contribution in [-0.4, -0.2) is 40.0 Å². The predicted octanol–water partition coefficient (Wildman–Crippen LogP) is 1.68. The van der Waals surface area contributed by atoms with Crippen molar-refractivity contribution in [2.24, 2.45) is 5.41 Å². The van der Waals surface area contributed by atoms with E-state index in [0.29, 0.717) is 13.2 Å². The average molecular weight is 203 g/mol. The van der Waals surface area contributed by atoms with E-state index in [0.717, 1.165) is 19.7 Å². The van der Waals surface area contributed by atoms with Crippen LogP contribution in [0.1, 0.15) is 27.2 Å². The lowest BCUT2D eigenvalue weighted by molar-refractivity contribution is 0.0280. The fraction of sp³-hybridized carbons (Fsp3) is 1.00. The van der Waals surface area contributed by atoms with E-state index < -0.39 is 0 Å². The van der Waals surface area contributed by atoms with Gasteiger partial charge in [-0.3, -0.25) is 0 Å². The first kappa shape index (κ1) is 13.9. The van der Waals surface area contributed by atoms with Gasteiger partial charge in [0.15, 0.2) is 0 Å². The Bertz CT molecular complexity index is 126. The zero-order chi connectivity index (χ0) is 10.9. The quantitative estimate of drug-likeness (QED) is 0.578. The summed E-state index contributed by atoms with van der Waals surface area (Å²) in [4.78, 5) is 0. The van der Waals surface area contributed by atoms with Crippen molar-refractivity contribution in [3.8, 4) is 0 Å². The Morgan fingerprint density at radius 3 is 2.50 bits per heavy atom. The summed E-state index contributed by atoms with van der Waals surface area (Å²) in [6.07, 6.45) is 1.18. The highest BCUT2D eigenvalue weighted by molar-refractivity contribution is 4.70. The summed E-state index contributed by atoms with van der Waals surface area (Å²) in [5.74, 6) is 0. The first-order valence-electron chi connectivity index (χ1n) is 5.40. The molecule has 0 fully saturated rings. The van der Waals surface area contributed by atoms with Gasteiger partial charge < -0.3 is 14.8 Å². The number of nitrogens with one attached hydrogen (secondary N) is 1. The Hall–Kier alpha value is -0.120. The molecular formula is C11H25NO2. The highest BCUT2D eigenvalue weighted by Gasteiger charge is 2.17. The number of hydrogen-bond acceptors (Lipinski definition) is 3. The summed E-state index contributed by atoms with van der Waals surface area (Å²) in [5, 5.41) is 3.40. The van der Waals surface area contributed by atoms with Gasteiger partial charge >= 0.3 is 0 Å². The Morgan fingerprint density at radius 2 is 1.93 bits per heavy atom. The van der Waals surface area contributed by atoms with E-state index in [1.807, 2.05) is 0 Å². The zero-order valence-corrected chi connectivity index (χ0v) is 10.1. The molecule has 0 saturated heterocycles. The van der Waals surface area contributed by atoms with Crippen LogP contribution < -0.4 is 5.32 Å². The largest absolute Gasteiger partial charge is 0.382 e. The molecule has 0 aliphatic rings. The lowest BCUT2D eigenvalue weighted by Crippen LogP contribution is -2.34. The summed E-state index contributed by atoms with van der Waals surface area (Å²) in [5.41, 5.74) is 0.211. The van der Waals surface area contributed by atoms with E-state index in [1.54, 1.807) is 7.11 Å². The number of ether oxygens (including phenoxy) is 2. The van der Waals surface area contributed by atoms with Crippen molar-refractivity contribution in [3.05, 3.63) is 0 Å². The van der Waals surface area contributed by atoms with Crippen LogP contribution >= 0.6 is 0 Å². The molecule has 3 nitrogen and oxygen atoms in total. The minimum atomic E-state index is 0.211. The maximum Gasteiger partial charge on any atom is 0.0700 e. The lowest BCUT2D eigenvalue weighted by Gasteiger charge is -2.24. The van der Waals surface area contributed by atoms with Gasteiger partial charge in [-0.15, -0.1) is 0 Å². The molecule has 0 saturated carbocycles. The third kappa shape index (κ3) is 8.48. The van der Waals surface area contributed by atoms with Crippen molar-refractivity contribution in [3.63, 3.8) is 0 Å². The van der Waals surface area contributed by atoms with E-state index in [9.17, 15) is 0 Å². The molecule has 14 heavy (non-hydrogen) atoms. The maximum atomic E-state index is 5.50. The van der Waals surface area contributed by atoms with Gasteiger partial charge in [-0.2, -0.15) is 0 Å². The molecule has 0 heterocycles. The van der Waals surface area contributed by atoms with Gasteiger partial charge in [0.05, 0.1) is 19.8 Å². The number of methoxy groups -OCH3 is 1. The van der Waals surface area contributed by atoms with E-state index in [1.165, 1.54) is 6.42 Å². The third-order valence-corrected chi connectivity index (χ3v) is 1.95. The van der Waals surface area contributed by atoms with Gasteiger partial charge in [-0.05, 0) is 13.0 Å². The van der Waals surface area contributed by atoms with Gasteiger partial charge in [0.25, 0.3) is 0 Å². The van der Waals surface area contributed by atoms with Crippen LogP contribution in [0.3, 0.4) is 0 Å². The molecule has 0 amide bonds. The summed E-state index contributed by atoms with van der Waals surface area (Å²) in [6, 6.07) is 0. The predicted molar refractivity (Wildman–Crippen MR) is 59.6 cm³/mol. The molecule has 0 bridgehead atoms. The third-order valence-electron chi connectivity index (χ3n) is 1.95. The van der Waals surface area contributed by atoms with Gasteiger partial charge in [-0.1, -0.05) is 20.8 Å². The van der Waals surface area contributed by atoms with Crippen molar-refractivity contribution in [1.82, 2.24) is 5.32 Å². The number of hydrogen-bond donors (Lipinski definition) is 1. The van der Waals surface area contributed by atoms with Crippen molar-refractivity contribution in [2.75, 3.05) is 40.0 Å². The van der Waals surface area contributed by atoms with Crippen LogP contribution in [0.15, 0.2) is 0 Å². The Balaban J connectivity index is 3.40. The molecule has 0 atom stereocenters. The van der Waals surface area contributed by atoms with Gasteiger partial charge in [0.1, 0.15) is 0 Å². The molecule has 0 aliphatic heterocycles. The Kier molecular flexibility index (Phi) is 8.14. The monoisotopic (exact) mass is 203 g/mol. The van der Waals surface area contributed by atoms with Crippen LogP contribution in [0.4, 0.5) is 0 Å². The van der Waals surface area contributed by atoms with Gasteiger partial charge in [0.2, 0.25) is 0 Å². The topological polar surface area (TPSA) is 30.5 Å². The minimum absolute atomic E-state index is 0.211. The Morgan fingerprint density at radius 1 is 1.21 bits per heavy atom. The summed E-state index contributed by atoms with van der Waals surface area (Å²) < 4.78 is 10.4. The summed E-state index contributed by atoms with van der Waals surface area (Å²) in [6.45, 7) is 10.8. The van der Waals surface area contributed by atoms with Crippen LogP contribution in [-0.2, 0) is 9.47 Å². The molecule has 0 radical (unpaired) electrons. The van der Waals surface area contributed by atoms with Crippen LogP contribution in [0, 0.1) is 5.41 Å². The van der Waals surface area contributed by atoms with E-state index in [2.05, 4.69) is 26.1 Å². The normalized spacial score (nSPS) is 12.0. The van der Waals surface area contributed by atoms with Gasteiger partial charge in [-0.25, -0.2) is 0 Å². The van der Waals surface area contributed by atoms with E-state index in [-0.39, 0.29) is 5.41 Å². The summed E-state index contributed by atoms with van der Waals surface area (Å²) >= 11 is 0. The van der Waals surface area contributed by atoms with E-state index >= 15 is 0 Å². The van der Waals surface area contributed by atoms with Crippen molar-refractivity contribution < 1.29 is 9.47 Å². The standard InChI is InChI=1S/C11H25NO2/c1-5-6-12-9-11(2,3)10-14-8-7-13-4/h12H,5-10H2,1-4H3. The Labute approximate surface area is 88.2 Å². The molecule has 0 aromatic carbocycles. The molecule has 0 aromatic rings. The van der Waals surface area contributed by atoms with Crippen LogP contribution in [0.25, 0.3) is 0 Å². The molecule has 3 heteroatoms. The molecule has 1 N–H and O–H groups in total. The second-order valence-corrected chi connectivity index (χ2v) is 4.39. The molecule has 86 valence electrons. The molecule has 0 spiro atoms. The first-order chi connectivity index (χ1) is 6.62. The molecular weight excluding hydrogens is 178 g/mol. The van der Waals surface area contributed by atoms with E-state index in [4.69, 9.17) is 9.47 Å². The first-order valence-corrected chi connectivity index (χ1v) is 5.40. The molecule has 0 unspecified atom stereocenters. The summed E-state index contributed by atoms with van der Waals surface area (Å²) in [7, 11) is 1.69. The minimum Gasteiger partial charge on any atom is -0.382 e. The average Bonchev–Trinajstić information content (AvgIpc) is 2.13. The van der Waals surface area contributed by atoms with Crippen molar-refractivity contribution in [1.29, 1.82) is 0 Å². The van der Waals surface area contributed by atoms with Crippen molar-refractivity contribution >= 4 is 0 Å². The van der Waals surface area contributed by atoms with Gasteiger partial charge in [0, 0.05) is 19.1 Å².